The van der Waals surface area contributed by atoms with Gasteiger partial charge in [0.1, 0.15) is 17.8 Å². The molecule has 3 N–H and O–H groups in total. The van der Waals surface area contributed by atoms with Crippen molar-refractivity contribution in [2.24, 2.45) is 23.7 Å². The van der Waals surface area contributed by atoms with Gasteiger partial charge >= 0.3 is 5.97 Å². The second kappa shape index (κ2) is 13.1. The smallest absolute Gasteiger partial charge is 0.330 e. The second-order valence-corrected chi connectivity index (χ2v) is 10.7. The number of ether oxygens (including phenoxy) is 3. The van der Waals surface area contributed by atoms with Crippen LogP contribution in [0.3, 0.4) is 0 Å². The molecule has 204 valence electrons. The molecule has 0 unspecified atom stereocenters. The molecule has 0 radical (unpaired) electrons. The fourth-order valence-corrected chi connectivity index (χ4v) is 4.81. The van der Waals surface area contributed by atoms with E-state index in [-0.39, 0.29) is 42.0 Å². The fourth-order valence-electron chi connectivity index (χ4n) is 4.81. The Labute approximate surface area is 215 Å². The zero-order valence-electron chi connectivity index (χ0n) is 22.5. The Hall–Kier alpha value is -1.84. The van der Waals surface area contributed by atoms with E-state index < -0.39 is 42.3 Å². The van der Waals surface area contributed by atoms with Crippen LogP contribution < -0.4 is 0 Å². The SMILES string of the molecule is C[C@@H]1C[C@](O)([C@@H](C)O)[C@@H](O)[C@H](O[C@@H]2[C@@H](C)/C=C\C(=O)O[C@H](C)[C@@H](C)/C=C\C=C/C(=O)[C@H](C)C[C@@H]2C)O1. The Morgan fingerprint density at radius 1 is 1.03 bits per heavy atom. The summed E-state index contributed by atoms with van der Waals surface area (Å²) in [6.07, 6.45) is 5.23. The Bertz CT molecular complexity index is 833. The van der Waals surface area contributed by atoms with Crippen LogP contribution in [0.1, 0.15) is 61.3 Å². The van der Waals surface area contributed by atoms with E-state index in [0.717, 1.165) is 0 Å². The van der Waals surface area contributed by atoms with E-state index in [1.807, 2.05) is 40.7 Å². The van der Waals surface area contributed by atoms with E-state index in [1.165, 1.54) is 13.0 Å². The van der Waals surface area contributed by atoms with Gasteiger partial charge in [0.05, 0.1) is 18.3 Å². The first-order valence-corrected chi connectivity index (χ1v) is 12.9. The maximum Gasteiger partial charge on any atom is 0.330 e. The van der Waals surface area contributed by atoms with Crippen LogP contribution in [-0.4, -0.2) is 69.5 Å². The quantitative estimate of drug-likeness (QED) is 0.497. The largest absolute Gasteiger partial charge is 0.459 e. The molecule has 36 heavy (non-hydrogen) atoms. The summed E-state index contributed by atoms with van der Waals surface area (Å²) in [6, 6.07) is 0. The molecular formula is C28H44O8. The van der Waals surface area contributed by atoms with Gasteiger partial charge in [-0.05, 0) is 39.2 Å². The van der Waals surface area contributed by atoms with Crippen molar-refractivity contribution in [1.29, 1.82) is 0 Å². The summed E-state index contributed by atoms with van der Waals surface area (Å²) in [4.78, 5) is 25.2. The highest BCUT2D eigenvalue weighted by Gasteiger charge is 2.51. The average molecular weight is 509 g/mol. The maximum atomic E-state index is 12.7. The molecule has 0 aromatic rings. The van der Waals surface area contributed by atoms with Gasteiger partial charge in [0, 0.05) is 30.3 Å². The number of rotatable bonds is 3. The van der Waals surface area contributed by atoms with Crippen molar-refractivity contribution >= 4 is 11.8 Å². The number of hydrogen-bond acceptors (Lipinski definition) is 8. The lowest BCUT2D eigenvalue weighted by atomic mass is 9.82. The molecule has 2 heterocycles. The van der Waals surface area contributed by atoms with Crippen LogP contribution >= 0.6 is 0 Å². The van der Waals surface area contributed by atoms with Gasteiger partial charge in [0.25, 0.3) is 0 Å². The highest BCUT2D eigenvalue weighted by molar-refractivity contribution is 5.91. The molecule has 8 heteroatoms. The van der Waals surface area contributed by atoms with Crippen LogP contribution in [0.15, 0.2) is 36.5 Å². The number of allylic oxidation sites excluding steroid dienone is 3. The van der Waals surface area contributed by atoms with Crippen LogP contribution in [0.5, 0.6) is 0 Å². The van der Waals surface area contributed by atoms with Gasteiger partial charge in [-0.3, -0.25) is 4.79 Å². The predicted molar refractivity (Wildman–Crippen MR) is 136 cm³/mol. The van der Waals surface area contributed by atoms with Gasteiger partial charge < -0.3 is 29.5 Å². The van der Waals surface area contributed by atoms with Crippen LogP contribution in [0.4, 0.5) is 0 Å². The van der Waals surface area contributed by atoms with Crippen molar-refractivity contribution in [3.63, 3.8) is 0 Å². The maximum absolute atomic E-state index is 12.7. The van der Waals surface area contributed by atoms with Crippen molar-refractivity contribution < 1.29 is 39.1 Å². The van der Waals surface area contributed by atoms with Crippen molar-refractivity contribution in [3.8, 4) is 0 Å². The van der Waals surface area contributed by atoms with Gasteiger partial charge in [-0.25, -0.2) is 4.79 Å². The molecule has 2 aliphatic heterocycles. The highest BCUT2D eigenvalue weighted by atomic mass is 16.7. The molecule has 0 aliphatic carbocycles. The Morgan fingerprint density at radius 3 is 2.33 bits per heavy atom. The number of ketones is 1. The minimum atomic E-state index is -1.79. The number of aliphatic hydroxyl groups is 3. The molecule has 0 saturated carbocycles. The van der Waals surface area contributed by atoms with E-state index in [9.17, 15) is 24.9 Å². The summed E-state index contributed by atoms with van der Waals surface area (Å²) in [5.74, 6) is -1.31. The molecule has 1 fully saturated rings. The van der Waals surface area contributed by atoms with Gasteiger partial charge in [-0.1, -0.05) is 52.0 Å². The standard InChI is InChI=1S/C28H44O8/c1-16-10-8-9-11-23(30)18(3)14-19(4)25(17(2)12-13-24(31)35-21(16)6)36-27-26(32)28(33,22(7)29)15-20(5)34-27/h8-13,16-22,25-27,29,32-33H,14-15H2,1-7H3/b10-8-,11-9-,13-12-/t16-,17-,18+,19-,20+,21+,22+,25+,26-,27-,28-/m0/s1. The van der Waals surface area contributed by atoms with Crippen LogP contribution in [0.25, 0.3) is 0 Å². The van der Waals surface area contributed by atoms with E-state index >= 15 is 0 Å². The zero-order chi connectivity index (χ0) is 27.2. The highest BCUT2D eigenvalue weighted by Crippen LogP contribution is 2.35. The zero-order valence-corrected chi connectivity index (χ0v) is 22.5. The number of hydrogen-bond donors (Lipinski definition) is 3. The molecule has 11 atom stereocenters. The predicted octanol–water partition coefficient (Wildman–Crippen LogP) is 3.10. The first-order valence-electron chi connectivity index (χ1n) is 12.9. The van der Waals surface area contributed by atoms with E-state index in [4.69, 9.17) is 14.2 Å². The van der Waals surface area contributed by atoms with Crippen LogP contribution in [0, 0.1) is 23.7 Å². The normalized spacial score (nSPS) is 44.9. The van der Waals surface area contributed by atoms with E-state index in [2.05, 4.69) is 0 Å². The molecule has 0 aromatic carbocycles. The molecule has 2 aliphatic rings. The number of esters is 1. The van der Waals surface area contributed by atoms with E-state index in [1.54, 1.807) is 31.2 Å². The first kappa shape index (κ1) is 30.4. The van der Waals surface area contributed by atoms with Crippen molar-refractivity contribution in [2.45, 2.75) is 104 Å². The van der Waals surface area contributed by atoms with Crippen molar-refractivity contribution in [1.82, 2.24) is 0 Å². The first-order chi connectivity index (χ1) is 16.8. The second-order valence-electron chi connectivity index (χ2n) is 10.7. The Kier molecular flexibility index (Phi) is 11.1. The molecule has 8 nitrogen and oxygen atoms in total. The van der Waals surface area contributed by atoms with Gasteiger partial charge in [-0.2, -0.15) is 0 Å². The summed E-state index contributed by atoms with van der Waals surface area (Å²) < 4.78 is 17.6. The number of cyclic esters (lactones) is 1. The van der Waals surface area contributed by atoms with Gasteiger partial charge in [0.2, 0.25) is 0 Å². The van der Waals surface area contributed by atoms with E-state index in [0.29, 0.717) is 6.42 Å². The molecular weight excluding hydrogens is 464 g/mol. The average Bonchev–Trinajstić information content (AvgIpc) is 2.80. The van der Waals surface area contributed by atoms with Crippen LogP contribution in [-0.2, 0) is 23.8 Å². The van der Waals surface area contributed by atoms with Crippen LogP contribution in [0.2, 0.25) is 0 Å². The molecule has 0 amide bonds. The summed E-state index contributed by atoms with van der Waals surface area (Å²) >= 11 is 0. The number of carbonyl (C=O) groups is 2. The Balaban J connectivity index is 2.35. The molecule has 0 spiro atoms. The van der Waals surface area contributed by atoms with Gasteiger partial charge in [0.15, 0.2) is 12.1 Å². The summed E-state index contributed by atoms with van der Waals surface area (Å²) in [5.41, 5.74) is -1.79. The Morgan fingerprint density at radius 2 is 1.69 bits per heavy atom. The lowest BCUT2D eigenvalue weighted by molar-refractivity contribution is -0.322. The fraction of sp³-hybridized carbons (Fsp3) is 0.714. The summed E-state index contributed by atoms with van der Waals surface area (Å²) in [6.45, 7) is 12.6. The monoisotopic (exact) mass is 508 g/mol. The topological polar surface area (TPSA) is 123 Å². The third-order valence-corrected chi connectivity index (χ3v) is 7.42. The summed E-state index contributed by atoms with van der Waals surface area (Å²) in [7, 11) is 0. The van der Waals surface area contributed by atoms with Gasteiger partial charge in [-0.15, -0.1) is 0 Å². The lowest BCUT2D eigenvalue weighted by Gasteiger charge is -2.47. The van der Waals surface area contributed by atoms with Crippen molar-refractivity contribution in [3.05, 3.63) is 36.5 Å². The number of carbonyl (C=O) groups excluding carboxylic acids is 2. The summed E-state index contributed by atoms with van der Waals surface area (Å²) in [5, 5.41) is 32.0. The molecule has 0 bridgehead atoms. The minimum absolute atomic E-state index is 0.0151. The molecule has 2 rings (SSSR count). The molecule has 1 saturated heterocycles. The third kappa shape index (κ3) is 7.83. The van der Waals surface area contributed by atoms with Crippen molar-refractivity contribution in [2.75, 3.05) is 0 Å². The minimum Gasteiger partial charge on any atom is -0.459 e. The third-order valence-electron chi connectivity index (χ3n) is 7.42. The molecule has 0 aromatic heterocycles. The lowest BCUT2D eigenvalue weighted by Crippen LogP contribution is -2.63. The number of aliphatic hydroxyl groups excluding tert-OH is 2.